The minimum absolute atomic E-state index is 0.0956. The van der Waals surface area contributed by atoms with Gasteiger partial charge in [0.05, 0.1) is 42.3 Å². The number of ether oxygens (including phenoxy) is 2. The number of hydrogen-bond donors (Lipinski definition) is 0. The summed E-state index contributed by atoms with van der Waals surface area (Å²) in [5.74, 6) is 0.490. The summed E-state index contributed by atoms with van der Waals surface area (Å²) in [7, 11) is 1.40. The molecule has 2 atom stereocenters. The van der Waals surface area contributed by atoms with E-state index in [0.717, 1.165) is 0 Å². The van der Waals surface area contributed by atoms with Gasteiger partial charge >= 0.3 is 18.4 Å². The summed E-state index contributed by atoms with van der Waals surface area (Å²) in [6.45, 7) is 3.28. The van der Waals surface area contributed by atoms with E-state index in [1.165, 1.54) is 18.2 Å². The molecule has 0 saturated carbocycles. The van der Waals surface area contributed by atoms with Crippen LogP contribution in [0.15, 0.2) is 53.1 Å². The smallest absolute Gasteiger partial charge is 0.416 e. The van der Waals surface area contributed by atoms with Crippen molar-refractivity contribution in [1.82, 2.24) is 9.97 Å². The normalized spacial score (nSPS) is 17.0. The maximum Gasteiger partial charge on any atom is 0.416 e. The number of nitrogens with zero attached hydrogens (tertiary/aromatic N) is 4. The minimum atomic E-state index is -5.00. The lowest BCUT2D eigenvalue weighted by Gasteiger charge is -2.43. The Morgan fingerprint density at radius 2 is 1.71 bits per heavy atom. The fraction of sp³-hybridized carbons (Fsp3) is 0.393. The van der Waals surface area contributed by atoms with Gasteiger partial charge in [-0.3, -0.25) is 4.90 Å². The largest absolute Gasteiger partial charge is 0.481 e. The number of amides is 1. The van der Waals surface area contributed by atoms with Crippen LogP contribution in [0.3, 0.4) is 0 Å². The fourth-order valence-electron chi connectivity index (χ4n) is 4.94. The predicted octanol–water partition coefficient (Wildman–Crippen LogP) is 8.18. The first-order valence-electron chi connectivity index (χ1n) is 12.9. The van der Waals surface area contributed by atoms with Crippen molar-refractivity contribution < 1.29 is 40.6 Å². The first kappa shape index (κ1) is 31.4. The first-order chi connectivity index (χ1) is 19.8. The van der Waals surface area contributed by atoms with Gasteiger partial charge in [0.2, 0.25) is 5.88 Å². The molecule has 0 spiro atoms. The van der Waals surface area contributed by atoms with E-state index >= 15 is 0 Å². The van der Waals surface area contributed by atoms with Gasteiger partial charge in [-0.2, -0.15) is 26.3 Å². The van der Waals surface area contributed by atoms with Gasteiger partial charge in [-0.15, -0.1) is 0 Å². The zero-order chi connectivity index (χ0) is 30.8. The van der Waals surface area contributed by atoms with Gasteiger partial charge in [-0.25, -0.2) is 14.8 Å². The number of alkyl halides is 6. The van der Waals surface area contributed by atoms with Crippen molar-refractivity contribution in [1.29, 1.82) is 0 Å². The summed E-state index contributed by atoms with van der Waals surface area (Å²) in [5.41, 5.74) is -2.34. The first-order valence-corrected chi connectivity index (χ1v) is 13.7. The highest BCUT2D eigenvalue weighted by molar-refractivity contribution is 9.10. The zero-order valence-electron chi connectivity index (χ0n) is 22.8. The number of carbonyl (C=O) groups excluding carboxylic acids is 1. The Morgan fingerprint density at radius 3 is 2.24 bits per heavy atom. The Hall–Kier alpha value is -3.55. The summed E-state index contributed by atoms with van der Waals surface area (Å²) in [6.07, 6.45) is -8.43. The molecule has 3 heterocycles. The highest BCUT2D eigenvalue weighted by Gasteiger charge is 2.41. The van der Waals surface area contributed by atoms with Crippen molar-refractivity contribution in [3.63, 3.8) is 0 Å². The second-order valence-electron chi connectivity index (χ2n) is 9.52. The van der Waals surface area contributed by atoms with Gasteiger partial charge < -0.3 is 14.4 Å². The standard InChI is InChI=1S/C28H27BrF6N4O3/c1-4-20-13-22(25-21(7-9-24(37-25)41-3)39(20)26(40)42-5-2)38(23-8-6-19(29)14-36-23)15-16-10-17(27(30,31)32)12-18(11-16)28(33,34)35/h6-12,14,20,22H,4-5,13,15H2,1-3H3/t20-,22+/m1/s1. The average molecular weight is 661 g/mol. The van der Waals surface area contributed by atoms with Crippen molar-refractivity contribution in [2.45, 2.75) is 57.7 Å². The summed E-state index contributed by atoms with van der Waals surface area (Å²) in [6, 6.07) is 6.80. The van der Waals surface area contributed by atoms with Crippen molar-refractivity contribution in [2.24, 2.45) is 0 Å². The molecule has 0 radical (unpaired) electrons. The molecule has 2 aromatic heterocycles. The van der Waals surface area contributed by atoms with Crippen molar-refractivity contribution in [3.05, 3.63) is 75.5 Å². The number of aromatic nitrogens is 2. The molecular formula is C28H27BrF6N4O3. The van der Waals surface area contributed by atoms with E-state index in [-0.39, 0.29) is 42.9 Å². The predicted molar refractivity (Wildman–Crippen MR) is 146 cm³/mol. The number of benzene rings is 1. The fourth-order valence-corrected chi connectivity index (χ4v) is 5.18. The quantitative estimate of drug-likeness (QED) is 0.238. The molecule has 0 saturated heterocycles. The second-order valence-corrected chi connectivity index (χ2v) is 10.4. The topological polar surface area (TPSA) is 67.8 Å². The van der Waals surface area contributed by atoms with Gasteiger partial charge in [0.1, 0.15) is 5.82 Å². The second kappa shape index (κ2) is 12.4. The van der Waals surface area contributed by atoms with Gasteiger partial charge in [0, 0.05) is 29.3 Å². The van der Waals surface area contributed by atoms with Gasteiger partial charge in [-0.05, 0) is 77.7 Å². The molecule has 1 aliphatic rings. The summed E-state index contributed by atoms with van der Waals surface area (Å²) >= 11 is 3.31. The van der Waals surface area contributed by atoms with E-state index in [4.69, 9.17) is 9.47 Å². The molecule has 3 aromatic rings. The Bertz CT molecular complexity index is 1390. The van der Waals surface area contributed by atoms with Crippen LogP contribution in [-0.2, 0) is 23.6 Å². The molecule has 0 aliphatic carbocycles. The Labute approximate surface area is 246 Å². The zero-order valence-corrected chi connectivity index (χ0v) is 24.3. The van der Waals surface area contributed by atoms with Crippen LogP contribution < -0.4 is 14.5 Å². The molecule has 0 fully saturated rings. The third-order valence-electron chi connectivity index (χ3n) is 6.84. The molecular weight excluding hydrogens is 634 g/mol. The lowest BCUT2D eigenvalue weighted by Crippen LogP contribution is -2.48. The molecule has 0 bridgehead atoms. The summed E-state index contributed by atoms with van der Waals surface area (Å²) < 4.78 is 93.3. The molecule has 226 valence electrons. The Morgan fingerprint density at radius 1 is 1.05 bits per heavy atom. The SMILES string of the molecule is CCOC(=O)N1c2ccc(OC)nc2[C@@H](N(Cc2cc(C(F)(F)F)cc(C(F)(F)F)c2)c2ccc(Br)cn2)C[C@H]1CC. The van der Waals surface area contributed by atoms with Crippen LogP contribution in [0.1, 0.15) is 55.1 Å². The molecule has 14 heteroatoms. The maximum absolute atomic E-state index is 13.7. The Balaban J connectivity index is 1.91. The molecule has 42 heavy (non-hydrogen) atoms. The number of anilines is 2. The lowest BCUT2D eigenvalue weighted by atomic mass is 9.91. The lowest BCUT2D eigenvalue weighted by molar-refractivity contribution is -0.143. The van der Waals surface area contributed by atoms with E-state index in [2.05, 4.69) is 25.9 Å². The highest BCUT2D eigenvalue weighted by atomic mass is 79.9. The van der Waals surface area contributed by atoms with E-state index in [1.807, 2.05) is 6.92 Å². The van der Waals surface area contributed by atoms with Crippen LogP contribution in [0.25, 0.3) is 0 Å². The van der Waals surface area contributed by atoms with Crippen LogP contribution >= 0.6 is 15.9 Å². The van der Waals surface area contributed by atoms with Crippen LogP contribution in [0, 0.1) is 0 Å². The third kappa shape index (κ3) is 6.74. The molecule has 0 N–H and O–H groups in total. The maximum atomic E-state index is 13.7. The number of pyridine rings is 2. The van der Waals surface area contributed by atoms with Crippen molar-refractivity contribution in [3.8, 4) is 5.88 Å². The molecule has 4 rings (SSSR count). The number of fused-ring (bicyclic) bond motifs is 1. The van der Waals surface area contributed by atoms with E-state index in [1.54, 1.807) is 36.1 Å². The van der Waals surface area contributed by atoms with Crippen molar-refractivity contribution in [2.75, 3.05) is 23.5 Å². The van der Waals surface area contributed by atoms with E-state index in [0.29, 0.717) is 34.4 Å². The monoisotopic (exact) mass is 660 g/mol. The van der Waals surface area contributed by atoms with Gasteiger partial charge in [0.15, 0.2) is 0 Å². The number of rotatable bonds is 7. The summed E-state index contributed by atoms with van der Waals surface area (Å²) in [5, 5.41) is 0. The van der Waals surface area contributed by atoms with Gasteiger partial charge in [-0.1, -0.05) is 6.92 Å². The van der Waals surface area contributed by atoms with Crippen molar-refractivity contribution >= 4 is 33.5 Å². The van der Waals surface area contributed by atoms with Crippen LogP contribution in [0.2, 0.25) is 0 Å². The van der Waals surface area contributed by atoms with E-state index in [9.17, 15) is 31.1 Å². The minimum Gasteiger partial charge on any atom is -0.481 e. The number of hydrogen-bond acceptors (Lipinski definition) is 6. The van der Waals surface area contributed by atoms with Crippen LogP contribution in [0.4, 0.5) is 42.6 Å². The van der Waals surface area contributed by atoms with E-state index < -0.39 is 41.7 Å². The molecule has 1 aliphatic heterocycles. The van der Waals surface area contributed by atoms with Crippen LogP contribution in [0.5, 0.6) is 5.88 Å². The summed E-state index contributed by atoms with van der Waals surface area (Å²) in [4.78, 5) is 25.1. The molecule has 7 nitrogen and oxygen atoms in total. The molecule has 1 aromatic carbocycles. The number of methoxy groups -OCH3 is 1. The van der Waals surface area contributed by atoms with Gasteiger partial charge in [0.25, 0.3) is 0 Å². The highest BCUT2D eigenvalue weighted by Crippen LogP contribution is 2.44. The third-order valence-corrected chi connectivity index (χ3v) is 7.31. The average Bonchev–Trinajstić information content (AvgIpc) is 2.94. The Kier molecular flexibility index (Phi) is 9.24. The van der Waals surface area contributed by atoms with Crippen LogP contribution in [-0.4, -0.2) is 35.8 Å². The molecule has 0 unspecified atom stereocenters. The number of halogens is 7. The molecule has 1 amide bonds. The number of carbonyl (C=O) groups is 1.